The van der Waals surface area contributed by atoms with Crippen molar-refractivity contribution in [1.29, 1.82) is 0 Å². The van der Waals surface area contributed by atoms with Gasteiger partial charge in [0.2, 0.25) is 0 Å². The molecule has 42 heavy (non-hydrogen) atoms. The van der Waals surface area contributed by atoms with Crippen molar-refractivity contribution in [2.75, 3.05) is 53.9 Å². The highest BCUT2D eigenvalue weighted by atomic mass is 16.5. The van der Waals surface area contributed by atoms with Crippen LogP contribution in [0.5, 0.6) is 5.75 Å². The molecule has 2 saturated heterocycles. The number of para-hydroxylation sites is 1. The monoisotopic (exact) mass is 568 g/mol. The van der Waals surface area contributed by atoms with Crippen molar-refractivity contribution in [3.05, 3.63) is 89.5 Å². The number of likely N-dealkylation sites (tertiary alicyclic amines) is 2. The molecule has 7 heteroatoms. The van der Waals surface area contributed by atoms with Crippen LogP contribution in [0.25, 0.3) is 11.1 Å². The molecule has 0 aromatic heterocycles. The lowest BCUT2D eigenvalue weighted by Gasteiger charge is -2.30. The second-order valence-corrected chi connectivity index (χ2v) is 11.8. The molecule has 2 atom stereocenters. The van der Waals surface area contributed by atoms with Crippen molar-refractivity contribution in [2.24, 2.45) is 0 Å². The van der Waals surface area contributed by atoms with E-state index in [1.165, 1.54) is 5.56 Å². The summed E-state index contributed by atoms with van der Waals surface area (Å²) in [7, 11) is 5.47. The third-order valence-electron chi connectivity index (χ3n) is 9.05. The Kier molecular flexibility index (Phi) is 9.48. The van der Waals surface area contributed by atoms with E-state index in [0.717, 1.165) is 67.8 Å². The van der Waals surface area contributed by atoms with Crippen molar-refractivity contribution < 1.29 is 14.3 Å². The minimum Gasteiger partial charge on any atom is -0.496 e. The molecule has 7 nitrogen and oxygen atoms in total. The Morgan fingerprint density at radius 1 is 0.857 bits per heavy atom. The van der Waals surface area contributed by atoms with E-state index in [4.69, 9.17) is 4.74 Å². The first-order valence-electron chi connectivity index (χ1n) is 15.1. The Hall–Kier alpha value is -3.84. The summed E-state index contributed by atoms with van der Waals surface area (Å²) in [6, 6.07) is 24.7. The molecule has 0 aliphatic carbocycles. The molecule has 2 fully saturated rings. The number of likely N-dealkylation sites (N-methyl/N-ethyl adjacent to an activating group) is 2. The van der Waals surface area contributed by atoms with Gasteiger partial charge in [0.1, 0.15) is 5.75 Å². The van der Waals surface area contributed by atoms with Crippen molar-refractivity contribution >= 4 is 11.9 Å². The molecule has 0 unspecified atom stereocenters. The number of ether oxygens (including phenoxy) is 1. The van der Waals surface area contributed by atoms with Gasteiger partial charge in [-0.1, -0.05) is 54.6 Å². The van der Waals surface area contributed by atoms with Crippen LogP contribution in [0.15, 0.2) is 72.8 Å². The van der Waals surface area contributed by atoms with E-state index in [9.17, 15) is 9.59 Å². The van der Waals surface area contributed by atoms with Crippen LogP contribution in [-0.2, 0) is 6.42 Å². The highest BCUT2D eigenvalue weighted by Gasteiger charge is 2.36. The van der Waals surface area contributed by atoms with Gasteiger partial charge in [-0.2, -0.15) is 0 Å². The molecular formula is C35H44N4O3. The van der Waals surface area contributed by atoms with E-state index in [0.29, 0.717) is 18.7 Å². The predicted molar refractivity (Wildman–Crippen MR) is 168 cm³/mol. The molecular weight excluding hydrogens is 524 g/mol. The van der Waals surface area contributed by atoms with E-state index in [1.54, 1.807) is 7.11 Å². The molecule has 2 aliphatic rings. The summed E-state index contributed by atoms with van der Waals surface area (Å²) in [5.41, 5.74) is 5.13. The average molecular weight is 569 g/mol. The zero-order valence-electron chi connectivity index (χ0n) is 25.5. The lowest BCUT2D eigenvalue weighted by Crippen LogP contribution is -2.47. The number of amides is 3. The van der Waals surface area contributed by atoms with Crippen LogP contribution < -0.4 is 4.74 Å². The first kappa shape index (κ1) is 29.6. The van der Waals surface area contributed by atoms with Gasteiger partial charge in [0.25, 0.3) is 5.91 Å². The smallest absolute Gasteiger partial charge is 0.320 e. The summed E-state index contributed by atoms with van der Waals surface area (Å²) in [5, 5.41) is 0. The Balaban J connectivity index is 1.12. The van der Waals surface area contributed by atoms with Crippen molar-refractivity contribution in [3.63, 3.8) is 0 Å². The number of urea groups is 1. The third kappa shape index (κ3) is 6.62. The number of hydrogen-bond donors (Lipinski definition) is 0. The fourth-order valence-electron chi connectivity index (χ4n) is 6.43. The first-order chi connectivity index (χ1) is 20.4. The summed E-state index contributed by atoms with van der Waals surface area (Å²) in [6.07, 6.45) is 4.01. The molecule has 0 radical (unpaired) electrons. The molecule has 2 heterocycles. The Labute approximate surface area is 250 Å². The van der Waals surface area contributed by atoms with E-state index in [1.807, 2.05) is 78.2 Å². The van der Waals surface area contributed by atoms with E-state index < -0.39 is 0 Å². The maximum Gasteiger partial charge on any atom is 0.320 e. The number of aryl methyl sites for hydroxylation is 2. The van der Waals surface area contributed by atoms with Gasteiger partial charge in [0.05, 0.1) is 13.2 Å². The van der Waals surface area contributed by atoms with E-state index in [-0.39, 0.29) is 24.0 Å². The second kappa shape index (κ2) is 13.4. The zero-order valence-corrected chi connectivity index (χ0v) is 25.5. The van der Waals surface area contributed by atoms with Gasteiger partial charge in [-0.15, -0.1) is 0 Å². The van der Waals surface area contributed by atoms with Crippen LogP contribution in [-0.4, -0.2) is 97.6 Å². The number of benzene rings is 3. The summed E-state index contributed by atoms with van der Waals surface area (Å²) in [5.74, 6) is 0.796. The highest BCUT2D eigenvalue weighted by Crippen LogP contribution is 2.32. The number of nitrogens with zero attached hydrogens (tertiary/aromatic N) is 4. The molecule has 0 saturated carbocycles. The van der Waals surface area contributed by atoms with Crippen LogP contribution in [0.4, 0.5) is 4.79 Å². The lowest BCUT2D eigenvalue weighted by molar-refractivity contribution is 0.0734. The number of hydrogen-bond acceptors (Lipinski definition) is 4. The normalized spacial score (nSPS) is 18.7. The highest BCUT2D eigenvalue weighted by molar-refractivity contribution is 5.95. The molecule has 2 aliphatic heterocycles. The zero-order chi connectivity index (χ0) is 29.6. The number of carbonyl (C=O) groups excluding carboxylic acids is 2. The van der Waals surface area contributed by atoms with E-state index >= 15 is 0 Å². The maximum atomic E-state index is 13.5. The molecule has 3 aromatic carbocycles. The molecule has 0 bridgehead atoms. The predicted octanol–water partition coefficient (Wildman–Crippen LogP) is 5.58. The summed E-state index contributed by atoms with van der Waals surface area (Å²) >= 11 is 0. The van der Waals surface area contributed by atoms with Crippen LogP contribution in [0.2, 0.25) is 0 Å². The Bertz CT molecular complexity index is 1380. The van der Waals surface area contributed by atoms with Gasteiger partial charge in [-0.25, -0.2) is 4.79 Å². The van der Waals surface area contributed by atoms with Gasteiger partial charge in [0, 0.05) is 57.4 Å². The van der Waals surface area contributed by atoms with Gasteiger partial charge in [-0.05, 0) is 74.0 Å². The largest absolute Gasteiger partial charge is 0.496 e. The number of methoxy groups -OCH3 is 1. The number of carbonyl (C=O) groups is 2. The molecule has 0 N–H and O–H groups in total. The summed E-state index contributed by atoms with van der Waals surface area (Å²) in [6.45, 7) is 6.29. The second-order valence-electron chi connectivity index (χ2n) is 11.8. The van der Waals surface area contributed by atoms with E-state index in [2.05, 4.69) is 35.2 Å². The van der Waals surface area contributed by atoms with Gasteiger partial charge >= 0.3 is 6.03 Å². The Morgan fingerprint density at radius 2 is 1.57 bits per heavy atom. The molecule has 3 amide bonds. The summed E-state index contributed by atoms with van der Waals surface area (Å²) in [4.78, 5) is 35.1. The Morgan fingerprint density at radius 3 is 2.33 bits per heavy atom. The van der Waals surface area contributed by atoms with Gasteiger partial charge < -0.3 is 24.3 Å². The topological polar surface area (TPSA) is 56.3 Å². The average Bonchev–Trinajstić information content (AvgIpc) is 3.71. The maximum absolute atomic E-state index is 13.5. The van der Waals surface area contributed by atoms with Crippen LogP contribution in [0.3, 0.4) is 0 Å². The first-order valence-corrected chi connectivity index (χ1v) is 15.1. The standard InChI is InChI=1S/C35H44N4O3/c1-26-23-28(16-17-31(26)32-14-8-9-15-33(32)42-4)34(40)36(2)30-19-22-39(25-30)35(41)37(3)29-18-21-38(24-29)20-10-13-27-11-6-5-7-12-27/h5-9,11-12,14-17,23,29-30H,10,13,18-22,24-25H2,1-4H3/t29-,30-/m0/s1. The lowest BCUT2D eigenvalue weighted by atomic mass is 9.97. The fourth-order valence-corrected chi connectivity index (χ4v) is 6.43. The van der Waals surface area contributed by atoms with Crippen molar-refractivity contribution in [2.45, 2.75) is 44.7 Å². The molecule has 222 valence electrons. The van der Waals surface area contributed by atoms with Crippen molar-refractivity contribution in [3.8, 4) is 16.9 Å². The van der Waals surface area contributed by atoms with Gasteiger partial charge in [-0.3, -0.25) is 4.79 Å². The SMILES string of the molecule is COc1ccccc1-c1ccc(C(=O)N(C)[C@H]2CCN(C(=O)N(C)[C@H]3CCN(CCCc4ccccc4)C3)C2)cc1C. The quantitative estimate of drug-likeness (QED) is 0.339. The fraction of sp³-hybridized carbons (Fsp3) is 0.429. The third-order valence-corrected chi connectivity index (χ3v) is 9.05. The van der Waals surface area contributed by atoms with Crippen molar-refractivity contribution in [1.82, 2.24) is 19.6 Å². The minimum absolute atomic E-state index is 0.00196. The summed E-state index contributed by atoms with van der Waals surface area (Å²) < 4.78 is 5.54. The van der Waals surface area contributed by atoms with Crippen LogP contribution >= 0.6 is 0 Å². The van der Waals surface area contributed by atoms with Crippen LogP contribution in [0.1, 0.15) is 40.7 Å². The minimum atomic E-state index is -0.0146. The molecule has 5 rings (SSSR count). The molecule has 0 spiro atoms. The van der Waals surface area contributed by atoms with Gasteiger partial charge in [0.15, 0.2) is 0 Å². The molecule has 3 aromatic rings. The number of rotatable bonds is 9. The van der Waals surface area contributed by atoms with Crippen LogP contribution in [0, 0.1) is 6.92 Å².